The van der Waals surface area contributed by atoms with E-state index in [0.29, 0.717) is 24.7 Å². The number of carbonyl (C=O) groups is 1. The van der Waals surface area contributed by atoms with Crippen LogP contribution < -0.4 is 5.56 Å². The monoisotopic (exact) mass is 249 g/mol. The number of hydrogen-bond acceptors (Lipinski definition) is 5. The van der Waals surface area contributed by atoms with E-state index in [0.717, 1.165) is 0 Å². The van der Waals surface area contributed by atoms with Crippen molar-refractivity contribution >= 4 is 5.97 Å². The topological polar surface area (TPSA) is 98.2 Å². The number of aryl methyl sites for hydroxylation is 3. The maximum atomic E-state index is 11.5. The molecule has 7 nitrogen and oxygen atoms in total. The number of aromatic nitrogens is 3. The van der Waals surface area contributed by atoms with Gasteiger partial charge in [0.05, 0.1) is 5.56 Å². The third-order valence-electron chi connectivity index (χ3n) is 2.37. The Hall–Kier alpha value is -2.44. The van der Waals surface area contributed by atoms with Crippen LogP contribution >= 0.6 is 0 Å². The molecule has 0 saturated heterocycles. The Balaban J connectivity index is 2.16. The zero-order chi connectivity index (χ0) is 13.1. The molecule has 7 heteroatoms. The second-order valence-electron chi connectivity index (χ2n) is 3.74. The molecule has 0 amide bonds. The van der Waals surface area contributed by atoms with E-state index < -0.39 is 5.97 Å². The van der Waals surface area contributed by atoms with Crippen LogP contribution in [-0.2, 0) is 13.0 Å². The first-order valence-electron chi connectivity index (χ1n) is 5.29. The molecule has 0 spiro atoms. The van der Waals surface area contributed by atoms with E-state index in [4.69, 9.17) is 9.63 Å². The van der Waals surface area contributed by atoms with E-state index in [-0.39, 0.29) is 11.1 Å². The number of rotatable bonds is 4. The summed E-state index contributed by atoms with van der Waals surface area (Å²) >= 11 is 0. The standard InChI is InChI=1S/C11H11N3O4/c1-7-12-9(18-13-7)4-5-14-6-8(11(16)17)2-3-10(14)15/h2-3,6H,4-5H2,1H3,(H,16,17). The third-order valence-corrected chi connectivity index (χ3v) is 2.37. The van der Waals surface area contributed by atoms with Crippen molar-refractivity contribution in [2.45, 2.75) is 19.9 Å². The van der Waals surface area contributed by atoms with Crippen molar-refractivity contribution in [1.29, 1.82) is 0 Å². The van der Waals surface area contributed by atoms with Gasteiger partial charge in [-0.25, -0.2) is 4.79 Å². The van der Waals surface area contributed by atoms with Gasteiger partial charge in [-0.2, -0.15) is 4.98 Å². The zero-order valence-corrected chi connectivity index (χ0v) is 9.66. The van der Waals surface area contributed by atoms with Crippen molar-refractivity contribution in [3.05, 3.63) is 46.0 Å². The molecule has 0 aliphatic carbocycles. The molecule has 2 aromatic heterocycles. The van der Waals surface area contributed by atoms with Crippen LogP contribution in [0.5, 0.6) is 0 Å². The predicted octanol–water partition coefficient (Wildman–Crippen LogP) is 0.481. The van der Waals surface area contributed by atoms with Crippen molar-refractivity contribution in [3.63, 3.8) is 0 Å². The quantitative estimate of drug-likeness (QED) is 0.846. The lowest BCUT2D eigenvalue weighted by Gasteiger charge is -2.04. The first-order chi connectivity index (χ1) is 8.56. The molecule has 2 heterocycles. The summed E-state index contributed by atoms with van der Waals surface area (Å²) in [6.45, 7) is 1.99. The molecule has 0 aliphatic heterocycles. The maximum absolute atomic E-state index is 11.5. The van der Waals surface area contributed by atoms with Gasteiger partial charge >= 0.3 is 5.97 Å². The number of pyridine rings is 1. The van der Waals surface area contributed by atoms with Crippen LogP contribution in [-0.4, -0.2) is 25.8 Å². The summed E-state index contributed by atoms with van der Waals surface area (Å²) in [5.41, 5.74) is -0.201. The summed E-state index contributed by atoms with van der Waals surface area (Å²) in [6, 6.07) is 2.50. The van der Waals surface area contributed by atoms with Gasteiger partial charge < -0.3 is 14.2 Å². The molecular weight excluding hydrogens is 238 g/mol. The van der Waals surface area contributed by atoms with Gasteiger partial charge in [-0.05, 0) is 13.0 Å². The highest BCUT2D eigenvalue weighted by Gasteiger charge is 2.07. The molecule has 0 unspecified atom stereocenters. The summed E-state index contributed by atoms with van der Waals surface area (Å²) in [6.07, 6.45) is 1.68. The average molecular weight is 249 g/mol. The number of aromatic carboxylic acids is 1. The highest BCUT2D eigenvalue weighted by Crippen LogP contribution is 2.00. The van der Waals surface area contributed by atoms with E-state index in [2.05, 4.69) is 10.1 Å². The normalized spacial score (nSPS) is 10.5. The fraction of sp³-hybridized carbons (Fsp3) is 0.273. The van der Waals surface area contributed by atoms with Gasteiger partial charge in [0.1, 0.15) is 0 Å². The van der Waals surface area contributed by atoms with Crippen molar-refractivity contribution < 1.29 is 14.4 Å². The van der Waals surface area contributed by atoms with E-state index in [1.165, 1.54) is 22.9 Å². The molecule has 0 aromatic carbocycles. The highest BCUT2D eigenvalue weighted by atomic mass is 16.5. The van der Waals surface area contributed by atoms with E-state index >= 15 is 0 Å². The SMILES string of the molecule is Cc1noc(CCn2cc(C(=O)O)ccc2=O)n1. The van der Waals surface area contributed by atoms with Gasteiger partial charge in [-0.3, -0.25) is 4.79 Å². The summed E-state index contributed by atoms with van der Waals surface area (Å²) < 4.78 is 6.22. The van der Waals surface area contributed by atoms with Crippen LogP contribution in [0.1, 0.15) is 22.1 Å². The number of nitrogens with zero attached hydrogens (tertiary/aromatic N) is 3. The van der Waals surface area contributed by atoms with Crippen LogP contribution in [0, 0.1) is 6.92 Å². The summed E-state index contributed by atoms with van der Waals surface area (Å²) in [4.78, 5) is 26.3. The lowest BCUT2D eigenvalue weighted by Crippen LogP contribution is -2.21. The molecule has 0 fully saturated rings. The lowest BCUT2D eigenvalue weighted by atomic mass is 10.3. The molecule has 2 aromatic rings. The van der Waals surface area contributed by atoms with E-state index in [1.807, 2.05) is 0 Å². The van der Waals surface area contributed by atoms with Crippen molar-refractivity contribution in [2.75, 3.05) is 0 Å². The van der Waals surface area contributed by atoms with Gasteiger partial charge in [0.2, 0.25) is 5.89 Å². The summed E-state index contributed by atoms with van der Waals surface area (Å²) in [5.74, 6) is -0.130. The van der Waals surface area contributed by atoms with Crippen molar-refractivity contribution in [2.24, 2.45) is 0 Å². The molecular formula is C11H11N3O4. The minimum Gasteiger partial charge on any atom is -0.478 e. The largest absolute Gasteiger partial charge is 0.478 e. The second kappa shape index (κ2) is 4.82. The Morgan fingerprint density at radius 2 is 2.28 bits per heavy atom. The van der Waals surface area contributed by atoms with Crippen LogP contribution in [0.25, 0.3) is 0 Å². The van der Waals surface area contributed by atoms with Gasteiger partial charge in [0.25, 0.3) is 5.56 Å². The first kappa shape index (κ1) is 12.0. The molecule has 0 bridgehead atoms. The molecule has 0 atom stereocenters. The number of carboxylic acids is 1. The van der Waals surface area contributed by atoms with Gasteiger partial charge in [0.15, 0.2) is 5.82 Å². The minimum atomic E-state index is -1.07. The van der Waals surface area contributed by atoms with Crippen LogP contribution in [0.15, 0.2) is 27.6 Å². The first-order valence-corrected chi connectivity index (χ1v) is 5.29. The van der Waals surface area contributed by atoms with Gasteiger partial charge in [0, 0.05) is 25.2 Å². The molecule has 0 aliphatic rings. The van der Waals surface area contributed by atoms with E-state index in [9.17, 15) is 9.59 Å². The van der Waals surface area contributed by atoms with Crippen LogP contribution in [0.3, 0.4) is 0 Å². The lowest BCUT2D eigenvalue weighted by molar-refractivity contribution is 0.0696. The fourth-order valence-corrected chi connectivity index (χ4v) is 1.49. The van der Waals surface area contributed by atoms with Gasteiger partial charge in [-0.1, -0.05) is 5.16 Å². The molecule has 18 heavy (non-hydrogen) atoms. The third kappa shape index (κ3) is 2.62. The highest BCUT2D eigenvalue weighted by molar-refractivity contribution is 5.87. The van der Waals surface area contributed by atoms with Crippen molar-refractivity contribution in [1.82, 2.24) is 14.7 Å². The Morgan fingerprint density at radius 1 is 1.50 bits per heavy atom. The Morgan fingerprint density at radius 3 is 2.89 bits per heavy atom. The van der Waals surface area contributed by atoms with Crippen molar-refractivity contribution in [3.8, 4) is 0 Å². The fourth-order valence-electron chi connectivity index (χ4n) is 1.49. The Kier molecular flexibility index (Phi) is 3.22. The predicted molar refractivity (Wildman–Crippen MR) is 60.4 cm³/mol. The number of hydrogen-bond donors (Lipinski definition) is 1. The maximum Gasteiger partial charge on any atom is 0.337 e. The van der Waals surface area contributed by atoms with Crippen LogP contribution in [0.4, 0.5) is 0 Å². The summed E-state index contributed by atoms with van der Waals surface area (Å²) in [7, 11) is 0. The Labute approximate surface area is 102 Å². The smallest absolute Gasteiger partial charge is 0.337 e. The van der Waals surface area contributed by atoms with Crippen LogP contribution in [0.2, 0.25) is 0 Å². The van der Waals surface area contributed by atoms with E-state index in [1.54, 1.807) is 6.92 Å². The number of carboxylic acid groups (broad SMARTS) is 1. The molecule has 2 rings (SSSR count). The average Bonchev–Trinajstić information content (AvgIpc) is 2.74. The zero-order valence-electron chi connectivity index (χ0n) is 9.66. The molecule has 0 saturated carbocycles. The minimum absolute atomic E-state index is 0.0660. The second-order valence-corrected chi connectivity index (χ2v) is 3.74. The van der Waals surface area contributed by atoms with Gasteiger partial charge in [-0.15, -0.1) is 0 Å². The molecule has 1 N–H and O–H groups in total. The Bertz CT molecular complexity index is 629. The molecule has 0 radical (unpaired) electrons. The summed E-state index contributed by atoms with van der Waals surface area (Å²) in [5, 5.41) is 12.5. The molecule has 94 valence electrons.